The summed E-state index contributed by atoms with van der Waals surface area (Å²) in [5.41, 5.74) is 6.01. The lowest BCUT2D eigenvalue weighted by Gasteiger charge is -2.35. The molecule has 1 aliphatic rings. The first kappa shape index (κ1) is 14.5. The summed E-state index contributed by atoms with van der Waals surface area (Å²) in [4.78, 5) is 14.1. The first-order valence-electron chi connectivity index (χ1n) is 6.99. The molecule has 1 fully saturated rings. The van der Waals surface area contributed by atoms with E-state index >= 15 is 0 Å². The van der Waals surface area contributed by atoms with Crippen LogP contribution in [-0.2, 0) is 4.79 Å². The number of nitrogens with two attached hydrogens (primary N) is 1. The third kappa shape index (κ3) is 3.70. The summed E-state index contributed by atoms with van der Waals surface area (Å²) in [6.45, 7) is 6.43. The minimum Gasteiger partial charge on any atom is -0.341 e. The summed E-state index contributed by atoms with van der Waals surface area (Å²) >= 11 is 0. The van der Waals surface area contributed by atoms with Crippen molar-refractivity contribution in [1.29, 1.82) is 0 Å². The van der Waals surface area contributed by atoms with Crippen LogP contribution >= 0.6 is 0 Å². The lowest BCUT2D eigenvalue weighted by atomic mass is 9.86. The van der Waals surface area contributed by atoms with E-state index in [0.717, 1.165) is 25.2 Å². The Morgan fingerprint density at radius 2 is 1.88 bits per heavy atom. The molecule has 2 atom stereocenters. The van der Waals surface area contributed by atoms with Crippen molar-refractivity contribution in [2.75, 3.05) is 7.05 Å². The Kier molecular flexibility index (Phi) is 5.44. The highest BCUT2D eigenvalue weighted by molar-refractivity contribution is 5.82. The molecule has 2 N–H and O–H groups in total. The molecular formula is C14H28N2O. The van der Waals surface area contributed by atoms with Crippen molar-refractivity contribution in [3.05, 3.63) is 0 Å². The van der Waals surface area contributed by atoms with Gasteiger partial charge in [0.15, 0.2) is 0 Å². The van der Waals surface area contributed by atoms with Gasteiger partial charge < -0.3 is 10.6 Å². The fraction of sp³-hybridized carbons (Fsp3) is 0.929. The van der Waals surface area contributed by atoms with Crippen LogP contribution in [0.2, 0.25) is 0 Å². The predicted octanol–water partition coefficient (Wildman–Crippen LogP) is 2.40. The van der Waals surface area contributed by atoms with Gasteiger partial charge in [-0.25, -0.2) is 0 Å². The van der Waals surface area contributed by atoms with E-state index in [4.69, 9.17) is 5.73 Å². The summed E-state index contributed by atoms with van der Waals surface area (Å²) in [6, 6.07) is 0.0816. The molecule has 0 unspecified atom stereocenters. The molecule has 1 rings (SSSR count). The second-order valence-electron chi connectivity index (χ2n) is 5.77. The van der Waals surface area contributed by atoms with Gasteiger partial charge in [-0.15, -0.1) is 0 Å². The van der Waals surface area contributed by atoms with Gasteiger partial charge in [-0.1, -0.05) is 27.2 Å². The number of carbonyl (C=O) groups is 1. The van der Waals surface area contributed by atoms with Gasteiger partial charge in [0.05, 0.1) is 6.04 Å². The fourth-order valence-electron chi connectivity index (χ4n) is 2.54. The maximum atomic E-state index is 12.2. The van der Waals surface area contributed by atoms with E-state index in [-0.39, 0.29) is 17.9 Å². The number of nitrogens with zero attached hydrogens (tertiary/aromatic N) is 1. The van der Waals surface area contributed by atoms with Crippen LogP contribution in [0.1, 0.15) is 52.9 Å². The maximum Gasteiger partial charge on any atom is 0.239 e. The van der Waals surface area contributed by atoms with Crippen molar-refractivity contribution in [1.82, 2.24) is 4.90 Å². The standard InChI is InChI=1S/C14H28N2O/c1-5-11(3)13(15)14(17)16(4)12-8-6-10(2)7-9-12/h10-13H,5-9,15H2,1-4H3/t10?,11-,12?,13-/m0/s1. The Balaban J connectivity index is 2.51. The van der Waals surface area contributed by atoms with Crippen LogP contribution in [0.4, 0.5) is 0 Å². The highest BCUT2D eigenvalue weighted by atomic mass is 16.2. The monoisotopic (exact) mass is 240 g/mol. The lowest BCUT2D eigenvalue weighted by molar-refractivity contribution is -0.135. The second kappa shape index (κ2) is 6.39. The number of likely N-dealkylation sites (N-methyl/N-ethyl adjacent to an activating group) is 1. The van der Waals surface area contributed by atoms with Gasteiger partial charge in [0, 0.05) is 13.1 Å². The molecule has 0 aromatic rings. The predicted molar refractivity (Wildman–Crippen MR) is 71.6 cm³/mol. The van der Waals surface area contributed by atoms with Crippen LogP contribution in [0.3, 0.4) is 0 Å². The normalized spacial score (nSPS) is 28.5. The van der Waals surface area contributed by atoms with Crippen molar-refractivity contribution >= 4 is 5.91 Å². The molecule has 1 aliphatic carbocycles. The molecule has 0 spiro atoms. The molecule has 0 aliphatic heterocycles. The highest BCUT2D eigenvalue weighted by Crippen LogP contribution is 2.27. The molecule has 3 heteroatoms. The molecule has 0 saturated heterocycles. The molecule has 3 nitrogen and oxygen atoms in total. The minimum atomic E-state index is -0.329. The van der Waals surface area contributed by atoms with Crippen molar-refractivity contribution in [2.45, 2.75) is 65.0 Å². The number of carbonyl (C=O) groups excluding carboxylic acids is 1. The number of amides is 1. The Morgan fingerprint density at radius 3 is 2.35 bits per heavy atom. The molecule has 0 heterocycles. The van der Waals surface area contributed by atoms with Gasteiger partial charge in [0.25, 0.3) is 0 Å². The lowest BCUT2D eigenvalue weighted by Crippen LogP contribution is -2.49. The van der Waals surface area contributed by atoms with E-state index in [1.165, 1.54) is 12.8 Å². The first-order chi connectivity index (χ1) is 7.97. The van der Waals surface area contributed by atoms with Crippen molar-refractivity contribution in [3.63, 3.8) is 0 Å². The second-order valence-corrected chi connectivity index (χ2v) is 5.77. The summed E-state index contributed by atoms with van der Waals surface area (Å²) in [5, 5.41) is 0. The van der Waals surface area contributed by atoms with Gasteiger partial charge in [-0.05, 0) is 37.5 Å². The van der Waals surface area contributed by atoms with Gasteiger partial charge >= 0.3 is 0 Å². The van der Waals surface area contributed by atoms with E-state index in [1.54, 1.807) is 0 Å². The van der Waals surface area contributed by atoms with E-state index in [9.17, 15) is 4.79 Å². The van der Waals surface area contributed by atoms with E-state index in [1.807, 2.05) is 11.9 Å². The quantitative estimate of drug-likeness (QED) is 0.820. The van der Waals surface area contributed by atoms with E-state index in [2.05, 4.69) is 20.8 Å². The molecule has 0 aromatic heterocycles. The SMILES string of the molecule is CC[C@H](C)[C@H](N)C(=O)N(C)C1CCC(C)CC1. The zero-order chi connectivity index (χ0) is 13.0. The van der Waals surface area contributed by atoms with Gasteiger partial charge in [-0.3, -0.25) is 4.79 Å². The molecule has 0 radical (unpaired) electrons. The number of hydrogen-bond acceptors (Lipinski definition) is 2. The molecule has 1 saturated carbocycles. The zero-order valence-corrected chi connectivity index (χ0v) is 11.8. The zero-order valence-electron chi connectivity index (χ0n) is 11.8. The average Bonchev–Trinajstić information content (AvgIpc) is 2.36. The maximum absolute atomic E-state index is 12.2. The summed E-state index contributed by atoms with van der Waals surface area (Å²) < 4.78 is 0. The van der Waals surface area contributed by atoms with Gasteiger partial charge in [0.2, 0.25) is 5.91 Å². The number of rotatable bonds is 4. The van der Waals surface area contributed by atoms with Crippen molar-refractivity contribution < 1.29 is 4.79 Å². The van der Waals surface area contributed by atoms with Crippen LogP contribution in [0.5, 0.6) is 0 Å². The summed E-state index contributed by atoms with van der Waals surface area (Å²) in [6.07, 6.45) is 5.71. The van der Waals surface area contributed by atoms with E-state index < -0.39 is 0 Å². The van der Waals surface area contributed by atoms with Crippen LogP contribution < -0.4 is 5.73 Å². The Morgan fingerprint density at radius 1 is 1.35 bits per heavy atom. The number of hydrogen-bond donors (Lipinski definition) is 1. The average molecular weight is 240 g/mol. The molecule has 17 heavy (non-hydrogen) atoms. The fourth-order valence-corrected chi connectivity index (χ4v) is 2.54. The third-order valence-corrected chi connectivity index (χ3v) is 4.42. The van der Waals surface area contributed by atoms with Crippen LogP contribution in [-0.4, -0.2) is 29.9 Å². The Bertz CT molecular complexity index is 247. The molecule has 100 valence electrons. The van der Waals surface area contributed by atoms with Crippen LogP contribution in [0.15, 0.2) is 0 Å². The Hall–Kier alpha value is -0.570. The molecule has 0 bridgehead atoms. The summed E-state index contributed by atoms with van der Waals surface area (Å²) in [5.74, 6) is 1.21. The summed E-state index contributed by atoms with van der Waals surface area (Å²) in [7, 11) is 1.92. The van der Waals surface area contributed by atoms with E-state index in [0.29, 0.717) is 6.04 Å². The third-order valence-electron chi connectivity index (χ3n) is 4.42. The first-order valence-corrected chi connectivity index (χ1v) is 6.99. The van der Waals surface area contributed by atoms with Gasteiger partial charge in [-0.2, -0.15) is 0 Å². The topological polar surface area (TPSA) is 46.3 Å². The van der Waals surface area contributed by atoms with Crippen LogP contribution in [0, 0.1) is 11.8 Å². The van der Waals surface area contributed by atoms with Crippen LogP contribution in [0.25, 0.3) is 0 Å². The minimum absolute atomic E-state index is 0.124. The molecule has 0 aromatic carbocycles. The largest absolute Gasteiger partial charge is 0.341 e. The van der Waals surface area contributed by atoms with Gasteiger partial charge in [0.1, 0.15) is 0 Å². The highest BCUT2D eigenvalue weighted by Gasteiger charge is 2.29. The molecular weight excluding hydrogens is 212 g/mol. The Labute approximate surface area is 106 Å². The molecule has 1 amide bonds. The van der Waals surface area contributed by atoms with Crippen molar-refractivity contribution in [3.8, 4) is 0 Å². The van der Waals surface area contributed by atoms with Crippen molar-refractivity contribution in [2.24, 2.45) is 17.6 Å². The smallest absolute Gasteiger partial charge is 0.239 e.